The Kier molecular flexibility index (Phi) is 5.35. The maximum atomic E-state index is 12.6. The first-order valence-electron chi connectivity index (χ1n) is 8.00. The van der Waals surface area contributed by atoms with Crippen LogP contribution in [0.5, 0.6) is 0 Å². The van der Waals surface area contributed by atoms with Crippen LogP contribution in [-0.2, 0) is 12.7 Å². The van der Waals surface area contributed by atoms with Gasteiger partial charge in [-0.3, -0.25) is 9.78 Å². The minimum atomic E-state index is -4.37. The number of carbonyl (C=O) groups excluding carboxylic acids is 1. The quantitative estimate of drug-likeness (QED) is 0.706. The lowest BCUT2D eigenvalue weighted by Crippen LogP contribution is -2.23. The highest BCUT2D eigenvalue weighted by molar-refractivity contribution is 5.94. The zero-order chi connectivity index (χ0) is 19.3. The van der Waals surface area contributed by atoms with Gasteiger partial charge < -0.3 is 10.6 Å². The van der Waals surface area contributed by atoms with E-state index in [1.165, 1.54) is 18.3 Å². The molecule has 0 aliphatic carbocycles. The third kappa shape index (κ3) is 5.04. The van der Waals surface area contributed by atoms with E-state index in [9.17, 15) is 18.0 Å². The molecule has 0 radical (unpaired) electrons. The number of amides is 1. The molecule has 0 aliphatic heterocycles. The van der Waals surface area contributed by atoms with Gasteiger partial charge in [0.2, 0.25) is 0 Å². The van der Waals surface area contributed by atoms with Gasteiger partial charge in [-0.25, -0.2) is 4.98 Å². The molecule has 0 unspecified atom stereocenters. The molecule has 5 nitrogen and oxygen atoms in total. The highest BCUT2D eigenvalue weighted by Crippen LogP contribution is 2.30. The molecule has 1 aromatic carbocycles. The lowest BCUT2D eigenvalue weighted by molar-refractivity contribution is -0.137. The van der Waals surface area contributed by atoms with E-state index in [-0.39, 0.29) is 5.91 Å². The molecule has 0 saturated heterocycles. The largest absolute Gasteiger partial charge is 0.416 e. The van der Waals surface area contributed by atoms with Crippen molar-refractivity contribution < 1.29 is 18.0 Å². The highest BCUT2D eigenvalue weighted by Gasteiger charge is 2.29. The van der Waals surface area contributed by atoms with Gasteiger partial charge in [0.25, 0.3) is 5.91 Å². The Morgan fingerprint density at radius 2 is 1.74 bits per heavy atom. The summed E-state index contributed by atoms with van der Waals surface area (Å²) in [7, 11) is 0. The Morgan fingerprint density at radius 3 is 2.33 bits per heavy atom. The Labute approximate surface area is 153 Å². The van der Waals surface area contributed by atoms with Gasteiger partial charge >= 0.3 is 6.18 Å². The Balaban J connectivity index is 1.59. The molecule has 27 heavy (non-hydrogen) atoms. The third-order valence-electron chi connectivity index (χ3n) is 3.67. The van der Waals surface area contributed by atoms with Crippen LogP contribution < -0.4 is 10.6 Å². The van der Waals surface area contributed by atoms with Crippen LogP contribution in [0.25, 0.3) is 0 Å². The number of benzene rings is 1. The zero-order valence-corrected chi connectivity index (χ0v) is 14.0. The lowest BCUT2D eigenvalue weighted by atomic mass is 10.2. The lowest BCUT2D eigenvalue weighted by Gasteiger charge is -2.09. The van der Waals surface area contributed by atoms with Gasteiger partial charge in [0.05, 0.1) is 23.4 Å². The van der Waals surface area contributed by atoms with E-state index < -0.39 is 11.7 Å². The predicted octanol–water partition coefficient (Wildman–Crippen LogP) is 4.17. The monoisotopic (exact) mass is 372 g/mol. The standard InChI is InChI=1S/C19H15F3N4O/c20-19(21,22)14-5-7-15(8-6-14)26-17-9-4-13(11-24-17)18(27)25-12-16-3-1-2-10-23-16/h1-11H,12H2,(H,24,26)(H,25,27). The summed E-state index contributed by atoms with van der Waals surface area (Å²) >= 11 is 0. The smallest absolute Gasteiger partial charge is 0.346 e. The van der Waals surface area contributed by atoms with Crippen LogP contribution in [0.3, 0.4) is 0 Å². The third-order valence-corrected chi connectivity index (χ3v) is 3.67. The van der Waals surface area contributed by atoms with Crippen molar-refractivity contribution in [1.82, 2.24) is 15.3 Å². The molecule has 0 aliphatic rings. The van der Waals surface area contributed by atoms with Crippen LogP contribution in [0.15, 0.2) is 67.0 Å². The molecule has 3 rings (SSSR count). The number of pyridine rings is 2. The fourth-order valence-corrected chi connectivity index (χ4v) is 2.27. The number of rotatable bonds is 5. The molecule has 2 heterocycles. The number of carbonyl (C=O) groups is 1. The van der Waals surface area contributed by atoms with Crippen molar-refractivity contribution in [2.45, 2.75) is 12.7 Å². The van der Waals surface area contributed by atoms with Crippen LogP contribution in [0, 0.1) is 0 Å². The minimum Gasteiger partial charge on any atom is -0.346 e. The summed E-state index contributed by atoms with van der Waals surface area (Å²) in [4.78, 5) is 20.3. The van der Waals surface area contributed by atoms with Gasteiger partial charge in [-0.15, -0.1) is 0 Å². The summed E-state index contributed by atoms with van der Waals surface area (Å²) in [5, 5.41) is 5.62. The molecule has 2 N–H and O–H groups in total. The number of nitrogens with one attached hydrogen (secondary N) is 2. The van der Waals surface area contributed by atoms with Gasteiger partial charge in [-0.05, 0) is 48.5 Å². The van der Waals surface area contributed by atoms with Gasteiger partial charge in [0.1, 0.15) is 5.82 Å². The maximum Gasteiger partial charge on any atom is 0.416 e. The van der Waals surface area contributed by atoms with Gasteiger partial charge in [-0.2, -0.15) is 13.2 Å². The molecule has 8 heteroatoms. The molecule has 0 spiro atoms. The van der Waals surface area contributed by atoms with Crippen molar-refractivity contribution in [2.75, 3.05) is 5.32 Å². The molecule has 2 aromatic heterocycles. The zero-order valence-electron chi connectivity index (χ0n) is 14.0. The van der Waals surface area contributed by atoms with E-state index in [2.05, 4.69) is 20.6 Å². The fourth-order valence-electron chi connectivity index (χ4n) is 2.27. The maximum absolute atomic E-state index is 12.6. The first-order chi connectivity index (χ1) is 12.9. The number of halogens is 3. The molecule has 3 aromatic rings. The van der Waals surface area contributed by atoms with Crippen LogP contribution in [0.1, 0.15) is 21.6 Å². The molecule has 1 amide bonds. The second-order valence-electron chi connectivity index (χ2n) is 5.64. The van der Waals surface area contributed by atoms with E-state index in [1.54, 1.807) is 30.5 Å². The number of aromatic nitrogens is 2. The van der Waals surface area contributed by atoms with Crippen LogP contribution >= 0.6 is 0 Å². The summed E-state index contributed by atoms with van der Waals surface area (Å²) in [5.74, 6) is 0.116. The summed E-state index contributed by atoms with van der Waals surface area (Å²) in [6, 6.07) is 13.2. The first kappa shape index (κ1) is 18.4. The van der Waals surface area contributed by atoms with E-state index in [0.717, 1.165) is 17.8 Å². The molecule has 0 fully saturated rings. The van der Waals surface area contributed by atoms with Gasteiger partial charge in [0, 0.05) is 18.1 Å². The van der Waals surface area contributed by atoms with E-state index >= 15 is 0 Å². The number of hydrogen-bond acceptors (Lipinski definition) is 4. The predicted molar refractivity (Wildman–Crippen MR) is 94.4 cm³/mol. The van der Waals surface area contributed by atoms with Crippen LogP contribution in [0.4, 0.5) is 24.7 Å². The number of anilines is 2. The number of alkyl halides is 3. The molecule has 0 bridgehead atoms. The molecule has 0 atom stereocenters. The SMILES string of the molecule is O=C(NCc1ccccn1)c1ccc(Nc2ccc(C(F)(F)F)cc2)nc1. The molecular weight excluding hydrogens is 357 g/mol. The molecular formula is C19H15F3N4O. The minimum absolute atomic E-state index is 0.297. The van der Waals surface area contributed by atoms with Gasteiger partial charge in [0.15, 0.2) is 0 Å². The fraction of sp³-hybridized carbons (Fsp3) is 0.105. The van der Waals surface area contributed by atoms with E-state index in [1.807, 2.05) is 6.07 Å². The van der Waals surface area contributed by atoms with Crippen molar-refractivity contribution in [3.63, 3.8) is 0 Å². The Bertz CT molecular complexity index is 895. The van der Waals surface area contributed by atoms with E-state index in [4.69, 9.17) is 0 Å². The molecule has 0 saturated carbocycles. The molecule has 138 valence electrons. The normalized spacial score (nSPS) is 11.1. The highest BCUT2D eigenvalue weighted by atomic mass is 19.4. The number of nitrogens with zero attached hydrogens (tertiary/aromatic N) is 2. The van der Waals surface area contributed by atoms with Crippen molar-refractivity contribution in [3.05, 3.63) is 83.8 Å². The van der Waals surface area contributed by atoms with Crippen molar-refractivity contribution in [2.24, 2.45) is 0 Å². The summed E-state index contributed by atoms with van der Waals surface area (Å²) < 4.78 is 37.7. The summed E-state index contributed by atoms with van der Waals surface area (Å²) in [6.07, 6.45) is -1.34. The topological polar surface area (TPSA) is 66.9 Å². The van der Waals surface area contributed by atoms with Gasteiger partial charge in [-0.1, -0.05) is 6.07 Å². The average molecular weight is 372 g/mol. The Hall–Kier alpha value is -3.42. The van der Waals surface area contributed by atoms with Crippen LogP contribution in [-0.4, -0.2) is 15.9 Å². The first-order valence-corrected chi connectivity index (χ1v) is 8.00. The Morgan fingerprint density at radius 1 is 0.963 bits per heavy atom. The van der Waals surface area contributed by atoms with Crippen molar-refractivity contribution >= 4 is 17.4 Å². The average Bonchev–Trinajstić information content (AvgIpc) is 2.67. The van der Waals surface area contributed by atoms with Crippen molar-refractivity contribution in [1.29, 1.82) is 0 Å². The van der Waals surface area contributed by atoms with Crippen LogP contribution in [0.2, 0.25) is 0 Å². The van der Waals surface area contributed by atoms with Crippen molar-refractivity contribution in [3.8, 4) is 0 Å². The number of hydrogen-bond donors (Lipinski definition) is 2. The summed E-state index contributed by atoms with van der Waals surface area (Å²) in [5.41, 5.74) is 0.840. The second kappa shape index (κ2) is 7.86. The second-order valence-corrected chi connectivity index (χ2v) is 5.64. The van der Waals surface area contributed by atoms with E-state index in [0.29, 0.717) is 23.6 Å². The summed E-state index contributed by atoms with van der Waals surface area (Å²) in [6.45, 7) is 0.297.